The van der Waals surface area contributed by atoms with Crippen molar-refractivity contribution >= 4 is 23.2 Å². The highest BCUT2D eigenvalue weighted by Gasteiger charge is 2.02. The first-order valence-corrected chi connectivity index (χ1v) is 6.71. The van der Waals surface area contributed by atoms with Crippen LogP contribution in [0.3, 0.4) is 0 Å². The van der Waals surface area contributed by atoms with E-state index in [0.717, 1.165) is 38.9 Å². The quantitative estimate of drug-likeness (QED) is 0.774. The van der Waals surface area contributed by atoms with Crippen LogP contribution in [0.1, 0.15) is 18.4 Å². The zero-order valence-electron chi connectivity index (χ0n) is 10.3. The van der Waals surface area contributed by atoms with Gasteiger partial charge in [0.05, 0.1) is 10.0 Å². The summed E-state index contributed by atoms with van der Waals surface area (Å²) in [5.74, 6) is 0. The molecule has 0 bridgehead atoms. The molecule has 2 nitrogen and oxygen atoms in total. The molecule has 1 rings (SSSR count). The fraction of sp³-hybridized carbons (Fsp3) is 0.538. The second-order valence-corrected chi connectivity index (χ2v) is 5.11. The lowest BCUT2D eigenvalue weighted by atomic mass is 10.1. The number of hydrogen-bond donors (Lipinski definition) is 1. The summed E-state index contributed by atoms with van der Waals surface area (Å²) in [7, 11) is 2.13. The van der Waals surface area contributed by atoms with Gasteiger partial charge in [0.15, 0.2) is 0 Å². The van der Waals surface area contributed by atoms with Gasteiger partial charge in [-0.1, -0.05) is 29.3 Å². The molecular weight excluding hydrogens is 255 g/mol. The first-order chi connectivity index (χ1) is 8.13. The van der Waals surface area contributed by atoms with Crippen molar-refractivity contribution in [3.8, 4) is 0 Å². The van der Waals surface area contributed by atoms with Gasteiger partial charge >= 0.3 is 0 Å². The minimum Gasteiger partial charge on any atom is -0.330 e. The van der Waals surface area contributed by atoms with Gasteiger partial charge in [-0.2, -0.15) is 0 Å². The van der Waals surface area contributed by atoms with E-state index in [-0.39, 0.29) is 0 Å². The van der Waals surface area contributed by atoms with Crippen LogP contribution in [0.5, 0.6) is 0 Å². The van der Waals surface area contributed by atoms with E-state index < -0.39 is 0 Å². The zero-order chi connectivity index (χ0) is 12.7. The molecule has 1 aromatic carbocycles. The monoisotopic (exact) mass is 274 g/mol. The number of benzene rings is 1. The van der Waals surface area contributed by atoms with Gasteiger partial charge in [0.25, 0.3) is 0 Å². The number of rotatable bonds is 7. The Kier molecular flexibility index (Phi) is 6.90. The lowest BCUT2D eigenvalue weighted by molar-refractivity contribution is 0.331. The minimum atomic E-state index is 0.617. The van der Waals surface area contributed by atoms with E-state index in [1.807, 2.05) is 18.2 Å². The summed E-state index contributed by atoms with van der Waals surface area (Å²) in [4.78, 5) is 2.32. The molecule has 0 heterocycles. The van der Waals surface area contributed by atoms with Gasteiger partial charge in [0, 0.05) is 6.54 Å². The van der Waals surface area contributed by atoms with Crippen LogP contribution in [0.15, 0.2) is 18.2 Å². The third-order valence-corrected chi connectivity index (χ3v) is 3.50. The Morgan fingerprint density at radius 1 is 1.12 bits per heavy atom. The molecule has 0 aromatic heterocycles. The van der Waals surface area contributed by atoms with Gasteiger partial charge in [-0.15, -0.1) is 0 Å². The highest BCUT2D eigenvalue weighted by Crippen LogP contribution is 2.22. The van der Waals surface area contributed by atoms with Crippen LogP contribution >= 0.6 is 23.2 Å². The molecule has 0 saturated heterocycles. The maximum atomic E-state index is 5.97. The maximum Gasteiger partial charge on any atom is 0.0595 e. The minimum absolute atomic E-state index is 0.617. The van der Waals surface area contributed by atoms with Gasteiger partial charge in [0.1, 0.15) is 0 Å². The molecule has 0 fully saturated rings. The Morgan fingerprint density at radius 2 is 1.88 bits per heavy atom. The van der Waals surface area contributed by atoms with E-state index in [0.29, 0.717) is 10.0 Å². The SMILES string of the molecule is CN(CCCCN)CCc1ccc(Cl)c(Cl)c1. The third-order valence-electron chi connectivity index (χ3n) is 2.76. The van der Waals surface area contributed by atoms with Crippen LogP contribution in [-0.4, -0.2) is 31.6 Å². The molecule has 1 aromatic rings. The van der Waals surface area contributed by atoms with Crippen LogP contribution in [0.2, 0.25) is 10.0 Å². The summed E-state index contributed by atoms with van der Waals surface area (Å²) in [6.45, 7) is 2.90. The Morgan fingerprint density at radius 3 is 2.53 bits per heavy atom. The molecule has 0 amide bonds. The average molecular weight is 275 g/mol. The van der Waals surface area contributed by atoms with Crippen LogP contribution in [0, 0.1) is 0 Å². The van der Waals surface area contributed by atoms with Crippen molar-refractivity contribution in [3.63, 3.8) is 0 Å². The number of likely N-dealkylation sites (N-methyl/N-ethyl adjacent to an activating group) is 1. The molecule has 0 saturated carbocycles. The summed E-state index contributed by atoms with van der Waals surface area (Å²) in [6, 6.07) is 5.83. The molecule has 0 aliphatic heterocycles. The molecule has 0 aliphatic rings. The van der Waals surface area contributed by atoms with Crippen LogP contribution in [-0.2, 0) is 6.42 Å². The van der Waals surface area contributed by atoms with E-state index in [4.69, 9.17) is 28.9 Å². The Bertz CT molecular complexity index is 342. The Balaban J connectivity index is 2.31. The van der Waals surface area contributed by atoms with Crippen LogP contribution in [0.4, 0.5) is 0 Å². The molecular formula is C13H20Cl2N2. The van der Waals surface area contributed by atoms with Gasteiger partial charge in [-0.05, 0) is 57.1 Å². The van der Waals surface area contributed by atoms with Crippen LogP contribution < -0.4 is 5.73 Å². The lowest BCUT2D eigenvalue weighted by Crippen LogP contribution is -2.23. The smallest absolute Gasteiger partial charge is 0.0595 e. The predicted molar refractivity (Wildman–Crippen MR) is 76.0 cm³/mol. The first kappa shape index (κ1) is 14.8. The highest BCUT2D eigenvalue weighted by molar-refractivity contribution is 6.42. The van der Waals surface area contributed by atoms with Crippen molar-refractivity contribution in [1.29, 1.82) is 0 Å². The standard InChI is InChI=1S/C13H20Cl2N2/c1-17(8-3-2-7-16)9-6-11-4-5-12(14)13(15)10-11/h4-5,10H,2-3,6-9,16H2,1H3. The van der Waals surface area contributed by atoms with E-state index in [2.05, 4.69) is 11.9 Å². The average Bonchev–Trinajstić information content (AvgIpc) is 2.31. The second-order valence-electron chi connectivity index (χ2n) is 4.30. The van der Waals surface area contributed by atoms with Gasteiger partial charge < -0.3 is 10.6 Å². The molecule has 17 heavy (non-hydrogen) atoms. The largest absolute Gasteiger partial charge is 0.330 e. The molecule has 4 heteroatoms. The Hall–Kier alpha value is -0.280. The zero-order valence-corrected chi connectivity index (χ0v) is 11.8. The molecule has 2 N–H and O–H groups in total. The molecule has 0 unspecified atom stereocenters. The van der Waals surface area contributed by atoms with Crippen molar-refractivity contribution in [1.82, 2.24) is 4.90 Å². The van der Waals surface area contributed by atoms with E-state index in [9.17, 15) is 0 Å². The fourth-order valence-electron chi connectivity index (χ4n) is 1.65. The van der Waals surface area contributed by atoms with E-state index in [1.54, 1.807) is 0 Å². The summed E-state index contributed by atoms with van der Waals surface area (Å²) in [5.41, 5.74) is 6.69. The maximum absolute atomic E-state index is 5.97. The molecule has 0 spiro atoms. The van der Waals surface area contributed by atoms with E-state index in [1.165, 1.54) is 5.56 Å². The Labute approximate surface area is 114 Å². The van der Waals surface area contributed by atoms with Crippen molar-refractivity contribution in [2.24, 2.45) is 5.73 Å². The summed E-state index contributed by atoms with van der Waals surface area (Å²) in [5, 5.41) is 1.25. The molecule has 96 valence electrons. The van der Waals surface area contributed by atoms with Gasteiger partial charge in [0.2, 0.25) is 0 Å². The first-order valence-electron chi connectivity index (χ1n) is 5.96. The van der Waals surface area contributed by atoms with Crippen molar-refractivity contribution < 1.29 is 0 Å². The number of halogens is 2. The topological polar surface area (TPSA) is 29.3 Å². The normalized spacial score (nSPS) is 11.1. The number of nitrogens with two attached hydrogens (primary N) is 1. The van der Waals surface area contributed by atoms with Crippen molar-refractivity contribution in [3.05, 3.63) is 33.8 Å². The second kappa shape index (κ2) is 7.93. The summed E-state index contributed by atoms with van der Waals surface area (Å²) >= 11 is 11.8. The molecule has 0 atom stereocenters. The van der Waals surface area contributed by atoms with Gasteiger partial charge in [-0.25, -0.2) is 0 Å². The third kappa shape index (κ3) is 5.73. The lowest BCUT2D eigenvalue weighted by Gasteiger charge is -2.16. The molecule has 0 aliphatic carbocycles. The summed E-state index contributed by atoms with van der Waals surface area (Å²) in [6.07, 6.45) is 3.25. The molecule has 0 radical (unpaired) electrons. The number of unbranched alkanes of at least 4 members (excludes halogenated alkanes) is 1. The number of hydrogen-bond acceptors (Lipinski definition) is 2. The fourth-order valence-corrected chi connectivity index (χ4v) is 1.97. The van der Waals surface area contributed by atoms with E-state index >= 15 is 0 Å². The predicted octanol–water partition coefficient (Wildman–Crippen LogP) is 3.21. The number of nitrogens with zero attached hydrogens (tertiary/aromatic N) is 1. The van der Waals surface area contributed by atoms with Crippen molar-refractivity contribution in [2.45, 2.75) is 19.3 Å². The van der Waals surface area contributed by atoms with Gasteiger partial charge in [-0.3, -0.25) is 0 Å². The van der Waals surface area contributed by atoms with Crippen LogP contribution in [0.25, 0.3) is 0 Å². The highest BCUT2D eigenvalue weighted by atomic mass is 35.5. The van der Waals surface area contributed by atoms with Crippen molar-refractivity contribution in [2.75, 3.05) is 26.7 Å². The summed E-state index contributed by atoms with van der Waals surface area (Å²) < 4.78 is 0.